The van der Waals surface area contributed by atoms with Gasteiger partial charge in [0.15, 0.2) is 11.5 Å². The van der Waals surface area contributed by atoms with Crippen LogP contribution in [0.3, 0.4) is 0 Å². The van der Waals surface area contributed by atoms with Crippen molar-refractivity contribution in [2.75, 3.05) is 12.4 Å². The molecule has 0 radical (unpaired) electrons. The number of ether oxygens (including phenoxy) is 1. The summed E-state index contributed by atoms with van der Waals surface area (Å²) < 4.78 is 5.03. The van der Waals surface area contributed by atoms with Gasteiger partial charge in [0.2, 0.25) is 0 Å². The SMILES string of the molecule is COc1ccc(NC(C)CCc2ccccc2)cc1O. The maximum Gasteiger partial charge on any atom is 0.160 e. The van der Waals surface area contributed by atoms with Crippen molar-refractivity contribution in [2.24, 2.45) is 0 Å². The molecule has 0 heterocycles. The first-order chi connectivity index (χ1) is 9.69. The van der Waals surface area contributed by atoms with E-state index in [1.807, 2.05) is 12.1 Å². The fourth-order valence-corrected chi connectivity index (χ4v) is 2.16. The van der Waals surface area contributed by atoms with Crippen LogP contribution in [0.4, 0.5) is 5.69 Å². The van der Waals surface area contributed by atoms with Crippen molar-refractivity contribution in [1.82, 2.24) is 0 Å². The van der Waals surface area contributed by atoms with Gasteiger partial charge in [0.1, 0.15) is 0 Å². The van der Waals surface area contributed by atoms with Gasteiger partial charge in [0, 0.05) is 17.8 Å². The predicted octanol–water partition coefficient (Wildman–Crippen LogP) is 3.83. The summed E-state index contributed by atoms with van der Waals surface area (Å²) in [5.74, 6) is 0.653. The maximum absolute atomic E-state index is 9.75. The number of aromatic hydroxyl groups is 1. The van der Waals surface area contributed by atoms with Crippen LogP contribution < -0.4 is 10.1 Å². The van der Waals surface area contributed by atoms with Crippen LogP contribution in [0.5, 0.6) is 11.5 Å². The lowest BCUT2D eigenvalue weighted by Gasteiger charge is -2.16. The molecule has 0 fully saturated rings. The molecule has 0 aliphatic heterocycles. The van der Waals surface area contributed by atoms with Crippen LogP contribution in [0, 0.1) is 0 Å². The first-order valence-electron chi connectivity index (χ1n) is 6.86. The normalized spacial score (nSPS) is 11.9. The smallest absolute Gasteiger partial charge is 0.160 e. The fraction of sp³-hybridized carbons (Fsp3) is 0.294. The van der Waals surface area contributed by atoms with E-state index in [1.165, 1.54) is 5.56 Å². The van der Waals surface area contributed by atoms with E-state index in [4.69, 9.17) is 4.74 Å². The Morgan fingerprint density at radius 1 is 1.15 bits per heavy atom. The summed E-state index contributed by atoms with van der Waals surface area (Å²) in [7, 11) is 1.55. The van der Waals surface area contributed by atoms with E-state index in [1.54, 1.807) is 19.2 Å². The molecular formula is C17H21NO2. The lowest BCUT2D eigenvalue weighted by Crippen LogP contribution is -2.15. The van der Waals surface area contributed by atoms with Crippen molar-refractivity contribution >= 4 is 5.69 Å². The van der Waals surface area contributed by atoms with Crippen LogP contribution in [0.25, 0.3) is 0 Å². The Hall–Kier alpha value is -2.16. The number of rotatable bonds is 6. The highest BCUT2D eigenvalue weighted by molar-refractivity contribution is 5.54. The Balaban J connectivity index is 1.88. The van der Waals surface area contributed by atoms with E-state index in [0.717, 1.165) is 18.5 Å². The number of hydrogen-bond donors (Lipinski definition) is 2. The molecule has 0 saturated heterocycles. The number of hydrogen-bond acceptors (Lipinski definition) is 3. The highest BCUT2D eigenvalue weighted by Gasteiger charge is 2.06. The van der Waals surface area contributed by atoms with Crippen LogP contribution in [-0.4, -0.2) is 18.3 Å². The quantitative estimate of drug-likeness (QED) is 0.839. The minimum absolute atomic E-state index is 0.160. The molecule has 1 atom stereocenters. The van der Waals surface area contributed by atoms with Crippen LogP contribution in [-0.2, 0) is 6.42 Å². The van der Waals surface area contributed by atoms with Gasteiger partial charge in [-0.3, -0.25) is 0 Å². The molecular weight excluding hydrogens is 250 g/mol. The van der Waals surface area contributed by atoms with Gasteiger partial charge >= 0.3 is 0 Å². The standard InChI is InChI=1S/C17H21NO2/c1-13(8-9-14-6-4-3-5-7-14)18-15-10-11-17(20-2)16(19)12-15/h3-7,10-13,18-19H,8-9H2,1-2H3. The Morgan fingerprint density at radius 3 is 2.55 bits per heavy atom. The number of phenols is 1. The molecule has 1 unspecified atom stereocenters. The second-order valence-electron chi connectivity index (χ2n) is 4.96. The van der Waals surface area contributed by atoms with Gasteiger partial charge in [-0.25, -0.2) is 0 Å². The molecule has 0 aromatic heterocycles. The summed E-state index contributed by atoms with van der Waals surface area (Å²) in [6, 6.07) is 16.2. The molecule has 0 bridgehead atoms. The van der Waals surface area contributed by atoms with Crippen LogP contribution in [0.2, 0.25) is 0 Å². The third kappa shape index (κ3) is 3.92. The van der Waals surface area contributed by atoms with Gasteiger partial charge in [-0.05, 0) is 37.5 Å². The molecule has 0 aliphatic carbocycles. The van der Waals surface area contributed by atoms with Crippen molar-refractivity contribution in [3.05, 3.63) is 54.1 Å². The third-order valence-corrected chi connectivity index (χ3v) is 3.30. The number of aryl methyl sites for hydroxylation is 1. The molecule has 0 aliphatic rings. The maximum atomic E-state index is 9.75. The number of benzene rings is 2. The minimum atomic E-state index is 0.160. The molecule has 2 rings (SSSR count). The average Bonchev–Trinajstić information content (AvgIpc) is 2.46. The number of anilines is 1. The molecule has 106 valence electrons. The molecule has 3 nitrogen and oxygen atoms in total. The molecule has 2 aromatic carbocycles. The van der Waals surface area contributed by atoms with E-state index in [-0.39, 0.29) is 5.75 Å². The van der Waals surface area contributed by atoms with Gasteiger partial charge in [-0.2, -0.15) is 0 Å². The first kappa shape index (κ1) is 14.3. The van der Waals surface area contributed by atoms with Crippen molar-refractivity contribution in [1.29, 1.82) is 0 Å². The van der Waals surface area contributed by atoms with E-state index in [0.29, 0.717) is 11.8 Å². The molecule has 0 amide bonds. The predicted molar refractivity (Wildman–Crippen MR) is 82.5 cm³/mol. The summed E-state index contributed by atoms with van der Waals surface area (Å²) in [6.07, 6.45) is 2.08. The molecule has 0 spiro atoms. The van der Waals surface area contributed by atoms with Gasteiger partial charge < -0.3 is 15.2 Å². The highest BCUT2D eigenvalue weighted by Crippen LogP contribution is 2.28. The number of phenolic OH excluding ortho intramolecular Hbond substituents is 1. The molecule has 3 heteroatoms. The third-order valence-electron chi connectivity index (χ3n) is 3.30. The first-order valence-corrected chi connectivity index (χ1v) is 6.86. The van der Waals surface area contributed by atoms with Crippen molar-refractivity contribution in [3.8, 4) is 11.5 Å². The van der Waals surface area contributed by atoms with Gasteiger partial charge in [0.25, 0.3) is 0 Å². The Labute approximate surface area is 120 Å². The Bertz CT molecular complexity index is 540. The average molecular weight is 271 g/mol. The Morgan fingerprint density at radius 2 is 1.90 bits per heavy atom. The number of methoxy groups -OCH3 is 1. The minimum Gasteiger partial charge on any atom is -0.504 e. The van der Waals surface area contributed by atoms with Crippen molar-refractivity contribution < 1.29 is 9.84 Å². The highest BCUT2D eigenvalue weighted by atomic mass is 16.5. The van der Waals surface area contributed by atoms with Gasteiger partial charge in [0.05, 0.1) is 7.11 Å². The summed E-state index contributed by atoms with van der Waals surface area (Å²) in [6.45, 7) is 2.14. The van der Waals surface area contributed by atoms with E-state index < -0.39 is 0 Å². The zero-order valence-corrected chi connectivity index (χ0v) is 12.0. The lowest BCUT2D eigenvalue weighted by atomic mass is 10.1. The van der Waals surface area contributed by atoms with E-state index in [9.17, 15) is 5.11 Å². The Kier molecular flexibility index (Phi) is 4.88. The summed E-state index contributed by atoms with van der Waals surface area (Å²) >= 11 is 0. The van der Waals surface area contributed by atoms with Crippen LogP contribution >= 0.6 is 0 Å². The second-order valence-corrected chi connectivity index (χ2v) is 4.96. The van der Waals surface area contributed by atoms with E-state index >= 15 is 0 Å². The summed E-state index contributed by atoms with van der Waals surface area (Å²) in [5.41, 5.74) is 2.25. The summed E-state index contributed by atoms with van der Waals surface area (Å²) in [4.78, 5) is 0. The van der Waals surface area contributed by atoms with Gasteiger partial charge in [-0.15, -0.1) is 0 Å². The van der Waals surface area contributed by atoms with Crippen molar-refractivity contribution in [3.63, 3.8) is 0 Å². The zero-order valence-electron chi connectivity index (χ0n) is 12.0. The molecule has 2 N–H and O–H groups in total. The monoisotopic (exact) mass is 271 g/mol. The topological polar surface area (TPSA) is 41.5 Å². The number of nitrogens with one attached hydrogen (secondary N) is 1. The second kappa shape index (κ2) is 6.85. The molecule has 20 heavy (non-hydrogen) atoms. The van der Waals surface area contributed by atoms with Gasteiger partial charge in [-0.1, -0.05) is 30.3 Å². The zero-order chi connectivity index (χ0) is 14.4. The summed E-state index contributed by atoms with van der Waals surface area (Å²) in [5, 5.41) is 13.1. The van der Waals surface area contributed by atoms with Crippen LogP contribution in [0.15, 0.2) is 48.5 Å². The molecule has 2 aromatic rings. The largest absolute Gasteiger partial charge is 0.504 e. The lowest BCUT2D eigenvalue weighted by molar-refractivity contribution is 0.373. The van der Waals surface area contributed by atoms with Crippen molar-refractivity contribution in [2.45, 2.75) is 25.8 Å². The molecule has 0 saturated carbocycles. The fourth-order valence-electron chi connectivity index (χ4n) is 2.16. The van der Waals surface area contributed by atoms with Crippen LogP contribution in [0.1, 0.15) is 18.9 Å². The van der Waals surface area contributed by atoms with E-state index in [2.05, 4.69) is 36.5 Å².